The number of halogens is 2. The van der Waals surface area contributed by atoms with Gasteiger partial charge >= 0.3 is 0 Å². The number of nitrogens with zero attached hydrogens (tertiary/aromatic N) is 1. The zero-order valence-electron chi connectivity index (χ0n) is 15.2. The normalized spacial score (nSPS) is 12.0. The van der Waals surface area contributed by atoms with Gasteiger partial charge in [0.1, 0.15) is 11.5 Å². The predicted octanol–water partition coefficient (Wildman–Crippen LogP) is 4.58. The highest BCUT2D eigenvalue weighted by molar-refractivity contribution is 9.10. The molecule has 1 amide bonds. The van der Waals surface area contributed by atoms with Crippen molar-refractivity contribution in [2.45, 2.75) is 19.5 Å². The van der Waals surface area contributed by atoms with E-state index in [0.717, 1.165) is 15.8 Å². The van der Waals surface area contributed by atoms with Crippen molar-refractivity contribution < 1.29 is 14.3 Å². The third kappa shape index (κ3) is 5.13. The molecule has 26 heavy (non-hydrogen) atoms. The molecule has 0 saturated carbocycles. The molecule has 0 radical (unpaired) electrons. The SMILES string of the molecule is COc1ccc(Br)cc1CN(C)C(C)C(=O)Nc1cc(Cl)ccc1OC. The van der Waals surface area contributed by atoms with Gasteiger partial charge in [0.2, 0.25) is 5.91 Å². The summed E-state index contributed by atoms with van der Waals surface area (Å²) in [4.78, 5) is 14.6. The fourth-order valence-corrected chi connectivity index (χ4v) is 3.07. The Morgan fingerprint density at radius 3 is 2.50 bits per heavy atom. The van der Waals surface area contributed by atoms with Gasteiger partial charge in [0.05, 0.1) is 25.9 Å². The van der Waals surface area contributed by atoms with E-state index in [4.69, 9.17) is 21.1 Å². The lowest BCUT2D eigenvalue weighted by Crippen LogP contribution is -2.39. The number of hydrogen-bond donors (Lipinski definition) is 1. The van der Waals surface area contributed by atoms with Crippen molar-refractivity contribution in [1.82, 2.24) is 4.90 Å². The summed E-state index contributed by atoms with van der Waals surface area (Å²) in [6, 6.07) is 10.5. The monoisotopic (exact) mass is 440 g/mol. The zero-order valence-corrected chi connectivity index (χ0v) is 17.5. The van der Waals surface area contributed by atoms with Gasteiger partial charge in [-0.3, -0.25) is 9.69 Å². The summed E-state index contributed by atoms with van der Waals surface area (Å²) in [6.45, 7) is 2.40. The first-order valence-corrected chi connectivity index (χ1v) is 9.20. The van der Waals surface area contributed by atoms with E-state index in [1.54, 1.807) is 32.4 Å². The highest BCUT2D eigenvalue weighted by Gasteiger charge is 2.21. The first kappa shape index (κ1) is 20.6. The van der Waals surface area contributed by atoms with Crippen LogP contribution in [0, 0.1) is 0 Å². The lowest BCUT2D eigenvalue weighted by Gasteiger charge is -2.25. The highest BCUT2D eigenvalue weighted by Crippen LogP contribution is 2.28. The van der Waals surface area contributed by atoms with Gasteiger partial charge in [0.15, 0.2) is 0 Å². The lowest BCUT2D eigenvalue weighted by atomic mass is 10.1. The Balaban J connectivity index is 2.11. The maximum atomic E-state index is 12.7. The number of rotatable bonds is 7. The average molecular weight is 442 g/mol. The molecule has 7 heteroatoms. The predicted molar refractivity (Wildman–Crippen MR) is 108 cm³/mol. The topological polar surface area (TPSA) is 50.8 Å². The molecule has 0 aliphatic rings. The molecule has 0 aliphatic carbocycles. The Kier molecular flexibility index (Phi) is 7.32. The largest absolute Gasteiger partial charge is 0.496 e. The van der Waals surface area contributed by atoms with Crippen LogP contribution in [0.1, 0.15) is 12.5 Å². The Morgan fingerprint density at radius 1 is 1.19 bits per heavy atom. The molecule has 140 valence electrons. The number of ether oxygens (including phenoxy) is 2. The summed E-state index contributed by atoms with van der Waals surface area (Å²) in [5, 5.41) is 3.41. The van der Waals surface area contributed by atoms with E-state index >= 15 is 0 Å². The van der Waals surface area contributed by atoms with Crippen molar-refractivity contribution in [2.24, 2.45) is 0 Å². The molecule has 0 fully saturated rings. The number of nitrogens with one attached hydrogen (secondary N) is 1. The van der Waals surface area contributed by atoms with Crippen molar-refractivity contribution in [3.8, 4) is 11.5 Å². The first-order chi connectivity index (χ1) is 12.3. The molecule has 5 nitrogen and oxygen atoms in total. The van der Waals surface area contributed by atoms with E-state index in [1.165, 1.54) is 0 Å². The number of amides is 1. The summed E-state index contributed by atoms with van der Waals surface area (Å²) in [5.74, 6) is 1.19. The number of anilines is 1. The summed E-state index contributed by atoms with van der Waals surface area (Å²) < 4.78 is 11.6. The molecule has 0 aromatic heterocycles. The van der Waals surface area contributed by atoms with E-state index in [1.807, 2.05) is 37.1 Å². The lowest BCUT2D eigenvalue weighted by molar-refractivity contribution is -0.120. The van der Waals surface area contributed by atoms with Crippen LogP contribution in [-0.4, -0.2) is 38.1 Å². The standard InChI is InChI=1S/C19H22BrClN2O3/c1-12(19(24)22-16-10-15(21)6-8-18(16)26-4)23(2)11-13-9-14(20)5-7-17(13)25-3/h5-10,12H,11H2,1-4H3,(H,22,24). The Morgan fingerprint density at radius 2 is 1.85 bits per heavy atom. The minimum Gasteiger partial charge on any atom is -0.496 e. The molecule has 0 saturated heterocycles. The fraction of sp³-hybridized carbons (Fsp3) is 0.316. The summed E-state index contributed by atoms with van der Waals surface area (Å²) in [6.07, 6.45) is 0. The molecule has 1 atom stereocenters. The molecule has 2 aromatic carbocycles. The number of hydrogen-bond acceptors (Lipinski definition) is 4. The van der Waals surface area contributed by atoms with Crippen LogP contribution < -0.4 is 14.8 Å². The molecule has 0 aliphatic heterocycles. The van der Waals surface area contributed by atoms with Gasteiger partial charge in [-0.25, -0.2) is 0 Å². The van der Waals surface area contributed by atoms with Gasteiger partial charge < -0.3 is 14.8 Å². The maximum absolute atomic E-state index is 12.7. The van der Waals surface area contributed by atoms with E-state index in [2.05, 4.69) is 21.2 Å². The summed E-state index contributed by atoms with van der Waals surface area (Å²) >= 11 is 9.49. The molecular formula is C19H22BrClN2O3. The van der Waals surface area contributed by atoms with Crippen LogP contribution in [0.5, 0.6) is 11.5 Å². The van der Waals surface area contributed by atoms with Crippen LogP contribution in [0.2, 0.25) is 5.02 Å². The Hall–Kier alpha value is -1.76. The number of likely N-dealkylation sites (N-methyl/N-ethyl adjacent to an activating group) is 1. The summed E-state index contributed by atoms with van der Waals surface area (Å²) in [7, 11) is 5.07. The molecular weight excluding hydrogens is 420 g/mol. The van der Waals surface area contributed by atoms with E-state index in [9.17, 15) is 4.79 Å². The Bertz CT molecular complexity index is 785. The van der Waals surface area contributed by atoms with Gasteiger partial charge in [-0.1, -0.05) is 27.5 Å². The number of methoxy groups -OCH3 is 2. The molecule has 2 rings (SSSR count). The zero-order chi connectivity index (χ0) is 19.3. The minimum absolute atomic E-state index is 0.151. The summed E-state index contributed by atoms with van der Waals surface area (Å²) in [5.41, 5.74) is 1.54. The van der Waals surface area contributed by atoms with Crippen molar-refractivity contribution >= 4 is 39.1 Å². The van der Waals surface area contributed by atoms with E-state index in [-0.39, 0.29) is 11.9 Å². The van der Waals surface area contributed by atoms with Crippen molar-refractivity contribution in [3.63, 3.8) is 0 Å². The fourth-order valence-electron chi connectivity index (χ4n) is 2.49. The van der Waals surface area contributed by atoms with Crippen LogP contribution in [0.15, 0.2) is 40.9 Å². The van der Waals surface area contributed by atoms with Gasteiger partial charge in [-0.15, -0.1) is 0 Å². The van der Waals surface area contributed by atoms with Crippen LogP contribution in [0.3, 0.4) is 0 Å². The van der Waals surface area contributed by atoms with Gasteiger partial charge in [0.25, 0.3) is 0 Å². The van der Waals surface area contributed by atoms with Gasteiger partial charge in [-0.2, -0.15) is 0 Å². The second kappa shape index (κ2) is 9.26. The molecule has 2 aromatic rings. The van der Waals surface area contributed by atoms with Gasteiger partial charge in [0, 0.05) is 21.6 Å². The second-order valence-corrected chi connectivity index (χ2v) is 7.23. The van der Waals surface area contributed by atoms with Crippen molar-refractivity contribution in [1.29, 1.82) is 0 Å². The van der Waals surface area contributed by atoms with Crippen LogP contribution in [0.4, 0.5) is 5.69 Å². The quantitative estimate of drug-likeness (QED) is 0.683. The number of carbonyl (C=O) groups excluding carboxylic acids is 1. The molecule has 1 unspecified atom stereocenters. The molecule has 0 bridgehead atoms. The van der Waals surface area contributed by atoms with E-state index in [0.29, 0.717) is 23.0 Å². The van der Waals surface area contributed by atoms with Crippen molar-refractivity contribution in [2.75, 3.05) is 26.6 Å². The average Bonchev–Trinajstić information content (AvgIpc) is 2.61. The Labute approximate surface area is 167 Å². The van der Waals surface area contributed by atoms with Crippen LogP contribution in [-0.2, 0) is 11.3 Å². The number of benzene rings is 2. The first-order valence-electron chi connectivity index (χ1n) is 8.02. The molecule has 0 heterocycles. The molecule has 0 spiro atoms. The molecule has 1 N–H and O–H groups in total. The third-order valence-electron chi connectivity index (χ3n) is 4.12. The van der Waals surface area contributed by atoms with Crippen LogP contribution in [0.25, 0.3) is 0 Å². The van der Waals surface area contributed by atoms with Gasteiger partial charge in [-0.05, 0) is 50.4 Å². The third-order valence-corrected chi connectivity index (χ3v) is 4.85. The number of carbonyl (C=O) groups is 1. The highest BCUT2D eigenvalue weighted by atomic mass is 79.9. The van der Waals surface area contributed by atoms with Crippen molar-refractivity contribution in [3.05, 3.63) is 51.5 Å². The van der Waals surface area contributed by atoms with Crippen LogP contribution >= 0.6 is 27.5 Å². The smallest absolute Gasteiger partial charge is 0.241 e. The van der Waals surface area contributed by atoms with E-state index < -0.39 is 0 Å². The minimum atomic E-state index is -0.373. The second-order valence-electron chi connectivity index (χ2n) is 5.88. The maximum Gasteiger partial charge on any atom is 0.241 e.